The van der Waals surface area contributed by atoms with Gasteiger partial charge in [-0.25, -0.2) is 9.59 Å². The van der Waals surface area contributed by atoms with Crippen LogP contribution in [0.5, 0.6) is 0 Å². The molecule has 0 aromatic heterocycles. The van der Waals surface area contributed by atoms with Crippen molar-refractivity contribution in [3.63, 3.8) is 0 Å². The Kier molecular flexibility index (Phi) is 3.15. The lowest BCUT2D eigenvalue weighted by Gasteiger charge is -2.32. The lowest BCUT2D eigenvalue weighted by atomic mass is 10.1. The first-order valence-electron chi connectivity index (χ1n) is 5.33. The third-order valence-corrected chi connectivity index (χ3v) is 2.69. The first-order chi connectivity index (χ1) is 8.65. The fraction of sp³-hybridized carbons (Fsp3) is 0.250. The number of ether oxygens (including phenoxy) is 1. The summed E-state index contributed by atoms with van der Waals surface area (Å²) >= 11 is 0. The van der Waals surface area contributed by atoms with Gasteiger partial charge in [0, 0.05) is 6.42 Å². The zero-order valence-electron chi connectivity index (χ0n) is 9.37. The molecule has 1 N–H and O–H groups in total. The number of hydrogen-bond acceptors (Lipinski definition) is 4. The summed E-state index contributed by atoms with van der Waals surface area (Å²) in [5, 5.41) is 18.1. The monoisotopic (exact) mass is 246 g/mol. The minimum Gasteiger partial charge on any atom is -0.480 e. The van der Waals surface area contributed by atoms with Gasteiger partial charge in [0.05, 0.1) is 17.9 Å². The van der Waals surface area contributed by atoms with Crippen molar-refractivity contribution in [2.45, 2.75) is 12.5 Å². The topological polar surface area (TPSA) is 90.6 Å². The van der Waals surface area contributed by atoms with E-state index in [1.165, 1.54) is 12.1 Å². The molecule has 1 fully saturated rings. The lowest BCUT2D eigenvalue weighted by molar-refractivity contribution is -0.139. The van der Waals surface area contributed by atoms with Gasteiger partial charge in [-0.3, -0.25) is 4.90 Å². The van der Waals surface area contributed by atoms with Crippen molar-refractivity contribution in [3.05, 3.63) is 29.8 Å². The summed E-state index contributed by atoms with van der Waals surface area (Å²) in [7, 11) is 0. The number of para-hydroxylation sites is 1. The Morgan fingerprint density at radius 3 is 2.89 bits per heavy atom. The Balaban J connectivity index is 2.48. The van der Waals surface area contributed by atoms with Crippen LogP contribution in [0.2, 0.25) is 0 Å². The standard InChI is InChI=1S/C12H10N2O4/c13-7-8-3-1-2-4-9(8)14-10(11(15)16)5-6-18-12(14)17/h1-4,10H,5-6H2,(H,15,16). The van der Waals surface area contributed by atoms with E-state index in [1.807, 2.05) is 6.07 Å². The van der Waals surface area contributed by atoms with Crippen LogP contribution in [0.15, 0.2) is 24.3 Å². The quantitative estimate of drug-likeness (QED) is 0.850. The Morgan fingerprint density at radius 2 is 2.22 bits per heavy atom. The van der Waals surface area contributed by atoms with Gasteiger partial charge in [0.2, 0.25) is 0 Å². The largest absolute Gasteiger partial charge is 0.480 e. The summed E-state index contributed by atoms with van der Waals surface area (Å²) in [6.07, 6.45) is -0.544. The van der Waals surface area contributed by atoms with Crippen LogP contribution < -0.4 is 4.90 Å². The number of aliphatic carboxylic acids is 1. The SMILES string of the molecule is N#Cc1ccccc1N1C(=O)OCCC1C(=O)O. The second-order valence-electron chi connectivity index (χ2n) is 3.76. The van der Waals surface area contributed by atoms with Crippen molar-refractivity contribution in [2.24, 2.45) is 0 Å². The van der Waals surface area contributed by atoms with Gasteiger partial charge in [0.15, 0.2) is 0 Å². The molecule has 0 bridgehead atoms. The van der Waals surface area contributed by atoms with Crippen molar-refractivity contribution in [1.29, 1.82) is 5.26 Å². The molecule has 0 aliphatic carbocycles. The van der Waals surface area contributed by atoms with Crippen LogP contribution in [0, 0.1) is 11.3 Å². The van der Waals surface area contributed by atoms with Crippen LogP contribution in [0.3, 0.4) is 0 Å². The van der Waals surface area contributed by atoms with Crippen molar-refractivity contribution in [3.8, 4) is 6.07 Å². The van der Waals surface area contributed by atoms with Crippen LogP contribution in [0.4, 0.5) is 10.5 Å². The van der Waals surface area contributed by atoms with Crippen molar-refractivity contribution in [2.75, 3.05) is 11.5 Å². The summed E-state index contributed by atoms with van der Waals surface area (Å²) in [5.74, 6) is -1.11. The number of amides is 1. The van der Waals surface area contributed by atoms with Crippen LogP contribution in [-0.2, 0) is 9.53 Å². The summed E-state index contributed by atoms with van der Waals surface area (Å²) in [6, 6.07) is 7.27. The van der Waals surface area contributed by atoms with E-state index < -0.39 is 18.1 Å². The highest BCUT2D eigenvalue weighted by atomic mass is 16.6. The molecule has 0 saturated carbocycles. The molecule has 6 heteroatoms. The van der Waals surface area contributed by atoms with Crippen molar-refractivity contribution >= 4 is 17.7 Å². The number of hydrogen-bond donors (Lipinski definition) is 1. The molecule has 1 amide bonds. The molecule has 0 spiro atoms. The van der Waals surface area contributed by atoms with Gasteiger partial charge in [-0.1, -0.05) is 12.1 Å². The predicted octanol–water partition coefficient (Wildman–Crippen LogP) is 1.36. The molecule has 1 saturated heterocycles. The summed E-state index contributed by atoms with van der Waals surface area (Å²) in [5.41, 5.74) is 0.500. The minimum absolute atomic E-state index is 0.0705. The molecular formula is C12H10N2O4. The van der Waals surface area contributed by atoms with Crippen LogP contribution in [0.25, 0.3) is 0 Å². The second kappa shape index (κ2) is 4.75. The molecule has 1 aliphatic rings. The van der Waals surface area contributed by atoms with Gasteiger partial charge >= 0.3 is 12.1 Å². The maximum atomic E-state index is 11.7. The van der Waals surface area contributed by atoms with E-state index in [9.17, 15) is 9.59 Å². The molecule has 1 aromatic carbocycles. The first-order valence-corrected chi connectivity index (χ1v) is 5.33. The molecule has 1 heterocycles. The number of benzene rings is 1. The maximum absolute atomic E-state index is 11.7. The molecule has 1 unspecified atom stereocenters. The van der Waals surface area contributed by atoms with E-state index in [1.54, 1.807) is 12.1 Å². The molecule has 1 atom stereocenters. The molecule has 2 rings (SSSR count). The third-order valence-electron chi connectivity index (χ3n) is 2.69. The summed E-state index contributed by atoms with van der Waals surface area (Å²) in [4.78, 5) is 23.9. The van der Waals surface area contributed by atoms with E-state index >= 15 is 0 Å². The number of anilines is 1. The number of nitrogens with zero attached hydrogens (tertiary/aromatic N) is 2. The summed E-state index contributed by atoms with van der Waals surface area (Å²) < 4.78 is 4.84. The molecule has 92 valence electrons. The maximum Gasteiger partial charge on any atom is 0.415 e. The Morgan fingerprint density at radius 1 is 1.50 bits per heavy atom. The fourth-order valence-electron chi connectivity index (χ4n) is 1.86. The van der Waals surface area contributed by atoms with Crippen LogP contribution >= 0.6 is 0 Å². The number of carbonyl (C=O) groups excluding carboxylic acids is 1. The molecular weight excluding hydrogens is 236 g/mol. The zero-order valence-corrected chi connectivity index (χ0v) is 9.37. The molecule has 1 aromatic rings. The highest BCUT2D eigenvalue weighted by molar-refractivity contribution is 5.97. The van der Waals surface area contributed by atoms with Gasteiger partial charge in [0.1, 0.15) is 12.1 Å². The fourth-order valence-corrected chi connectivity index (χ4v) is 1.86. The lowest BCUT2D eigenvalue weighted by Crippen LogP contribution is -2.50. The van der Waals surface area contributed by atoms with Crippen LogP contribution in [0.1, 0.15) is 12.0 Å². The van der Waals surface area contributed by atoms with Gasteiger partial charge < -0.3 is 9.84 Å². The number of cyclic esters (lactones) is 1. The van der Waals surface area contributed by atoms with Gasteiger partial charge in [-0.2, -0.15) is 5.26 Å². The van der Waals surface area contributed by atoms with Crippen molar-refractivity contribution in [1.82, 2.24) is 0 Å². The van der Waals surface area contributed by atoms with E-state index in [0.717, 1.165) is 4.90 Å². The molecule has 6 nitrogen and oxygen atoms in total. The van der Waals surface area contributed by atoms with Crippen molar-refractivity contribution < 1.29 is 19.4 Å². The average Bonchev–Trinajstić information content (AvgIpc) is 2.38. The van der Waals surface area contributed by atoms with Gasteiger partial charge in [0.25, 0.3) is 0 Å². The minimum atomic E-state index is -1.11. The molecule has 1 aliphatic heterocycles. The number of rotatable bonds is 2. The van der Waals surface area contributed by atoms with E-state index in [2.05, 4.69) is 0 Å². The Hall–Kier alpha value is -2.55. The highest BCUT2D eigenvalue weighted by Gasteiger charge is 2.36. The number of carboxylic acid groups (broad SMARTS) is 1. The van der Waals surface area contributed by atoms with E-state index in [0.29, 0.717) is 0 Å². The second-order valence-corrected chi connectivity index (χ2v) is 3.76. The van der Waals surface area contributed by atoms with Gasteiger partial charge in [-0.15, -0.1) is 0 Å². The van der Waals surface area contributed by atoms with Gasteiger partial charge in [-0.05, 0) is 12.1 Å². The normalized spacial score (nSPS) is 18.9. The predicted molar refractivity (Wildman–Crippen MR) is 61.0 cm³/mol. The first kappa shape index (κ1) is 11.9. The highest BCUT2D eigenvalue weighted by Crippen LogP contribution is 2.26. The molecule has 18 heavy (non-hydrogen) atoms. The van der Waals surface area contributed by atoms with E-state index in [-0.39, 0.29) is 24.3 Å². The Bertz CT molecular complexity index is 535. The number of carboxylic acids is 1. The van der Waals surface area contributed by atoms with E-state index in [4.69, 9.17) is 15.1 Å². The average molecular weight is 246 g/mol. The zero-order chi connectivity index (χ0) is 13.1. The Labute approximate surface area is 103 Å². The smallest absolute Gasteiger partial charge is 0.415 e. The third kappa shape index (κ3) is 1.98. The van der Waals surface area contributed by atoms with Crippen LogP contribution in [-0.4, -0.2) is 29.8 Å². The number of nitriles is 1. The summed E-state index contributed by atoms with van der Waals surface area (Å²) in [6.45, 7) is 0.0705. The molecule has 0 radical (unpaired) electrons. The number of carbonyl (C=O) groups is 2.